The van der Waals surface area contributed by atoms with Crippen LogP contribution in [0.15, 0.2) is 47.1 Å². The Bertz CT molecular complexity index is 542. The number of hydrogen-bond acceptors (Lipinski definition) is 0. The van der Waals surface area contributed by atoms with Gasteiger partial charge in [0.1, 0.15) is 0 Å². The average molecular weight is 236 g/mol. The Kier molecular flexibility index (Phi) is 4.05. The first-order chi connectivity index (χ1) is 8.69. The lowest BCUT2D eigenvalue weighted by atomic mass is 9.92. The average Bonchev–Trinajstić information content (AvgIpc) is 2.39. The van der Waals surface area contributed by atoms with Crippen molar-refractivity contribution in [2.24, 2.45) is 0 Å². The van der Waals surface area contributed by atoms with E-state index in [-0.39, 0.29) is 0 Å². The molecule has 0 N–H and O–H groups in total. The molecule has 0 aromatic heterocycles. The second-order valence-electron chi connectivity index (χ2n) is 4.94. The fourth-order valence-electron chi connectivity index (χ4n) is 2.18. The number of aryl methyl sites for hydroxylation is 1. The first-order valence-corrected chi connectivity index (χ1v) is 6.67. The van der Waals surface area contributed by atoms with Gasteiger partial charge >= 0.3 is 0 Å². The molecule has 0 saturated heterocycles. The summed E-state index contributed by atoms with van der Waals surface area (Å²) in [6.07, 6.45) is 5.65. The smallest absolute Gasteiger partial charge is 0.0249 e. The molecule has 2 rings (SSSR count). The second kappa shape index (κ2) is 5.74. The van der Waals surface area contributed by atoms with Crippen molar-refractivity contribution in [3.63, 3.8) is 0 Å². The van der Waals surface area contributed by atoms with Crippen molar-refractivity contribution in [2.75, 3.05) is 0 Å². The largest absolute Gasteiger partial charge is 0.0697 e. The lowest BCUT2D eigenvalue weighted by Gasteiger charge is -2.13. The van der Waals surface area contributed by atoms with Gasteiger partial charge < -0.3 is 0 Å². The highest BCUT2D eigenvalue weighted by Gasteiger charge is 2.07. The van der Waals surface area contributed by atoms with Gasteiger partial charge in [-0.05, 0) is 56.9 Å². The third-order valence-electron chi connectivity index (χ3n) is 3.47. The zero-order valence-electron chi connectivity index (χ0n) is 11.5. The van der Waals surface area contributed by atoms with Crippen LogP contribution in [-0.2, 0) is 0 Å². The summed E-state index contributed by atoms with van der Waals surface area (Å²) in [5.74, 6) is 6.58. The van der Waals surface area contributed by atoms with E-state index >= 15 is 0 Å². The Balaban J connectivity index is 2.18. The Morgan fingerprint density at radius 1 is 1.00 bits per heavy atom. The third kappa shape index (κ3) is 3.14. The SMILES string of the molecule is CCC1=C(C)CCC(C#Cc2ccc(C)cc2)=C1. The van der Waals surface area contributed by atoms with Crippen LogP contribution >= 0.6 is 0 Å². The Labute approximate surface area is 110 Å². The molecule has 1 aromatic carbocycles. The van der Waals surface area contributed by atoms with E-state index in [9.17, 15) is 0 Å². The number of benzene rings is 1. The fraction of sp³-hybridized carbons (Fsp3) is 0.333. The molecule has 0 spiro atoms. The van der Waals surface area contributed by atoms with Crippen molar-refractivity contribution < 1.29 is 0 Å². The summed E-state index contributed by atoms with van der Waals surface area (Å²) in [6, 6.07) is 8.41. The van der Waals surface area contributed by atoms with Crippen molar-refractivity contribution in [2.45, 2.75) is 40.0 Å². The van der Waals surface area contributed by atoms with Gasteiger partial charge in [-0.15, -0.1) is 0 Å². The van der Waals surface area contributed by atoms with Gasteiger partial charge in [0.2, 0.25) is 0 Å². The van der Waals surface area contributed by atoms with Crippen LogP contribution in [0.25, 0.3) is 0 Å². The molecule has 0 heterocycles. The van der Waals surface area contributed by atoms with E-state index in [0.717, 1.165) is 24.8 Å². The molecule has 0 heteroatoms. The molecular weight excluding hydrogens is 216 g/mol. The van der Waals surface area contributed by atoms with Gasteiger partial charge in [0.25, 0.3) is 0 Å². The highest BCUT2D eigenvalue weighted by Crippen LogP contribution is 2.25. The normalized spacial score (nSPS) is 14.9. The molecule has 0 atom stereocenters. The molecule has 0 nitrogen and oxygen atoms in total. The minimum atomic E-state index is 1.09. The van der Waals surface area contributed by atoms with Crippen LogP contribution in [0.1, 0.15) is 44.2 Å². The Morgan fingerprint density at radius 3 is 2.39 bits per heavy atom. The third-order valence-corrected chi connectivity index (χ3v) is 3.47. The summed E-state index contributed by atoms with van der Waals surface area (Å²) < 4.78 is 0. The number of hydrogen-bond donors (Lipinski definition) is 0. The standard InChI is InChI=1S/C18H20/c1-4-18-13-17(10-7-15(18)3)12-11-16-8-5-14(2)6-9-16/h5-6,8-9,13H,4,7,10H2,1-3H3. The van der Waals surface area contributed by atoms with Gasteiger partial charge in [0.05, 0.1) is 0 Å². The van der Waals surface area contributed by atoms with Gasteiger partial charge in [-0.2, -0.15) is 0 Å². The monoisotopic (exact) mass is 236 g/mol. The molecule has 18 heavy (non-hydrogen) atoms. The van der Waals surface area contributed by atoms with Crippen LogP contribution < -0.4 is 0 Å². The molecule has 0 bridgehead atoms. The molecule has 0 fully saturated rings. The molecule has 0 amide bonds. The van der Waals surface area contributed by atoms with Gasteiger partial charge in [-0.25, -0.2) is 0 Å². The summed E-state index contributed by atoms with van der Waals surface area (Å²) in [5.41, 5.74) is 6.65. The molecule has 1 aliphatic rings. The van der Waals surface area contributed by atoms with Crippen LogP contribution in [0.2, 0.25) is 0 Å². The molecule has 1 aromatic rings. The lowest BCUT2D eigenvalue weighted by molar-refractivity contribution is 0.890. The van der Waals surface area contributed by atoms with E-state index in [4.69, 9.17) is 0 Å². The summed E-state index contributed by atoms with van der Waals surface area (Å²) in [4.78, 5) is 0. The minimum absolute atomic E-state index is 1.09. The highest BCUT2D eigenvalue weighted by atomic mass is 14.1. The molecule has 0 aliphatic heterocycles. The molecular formula is C18H20. The maximum absolute atomic E-state index is 3.32. The maximum Gasteiger partial charge on any atom is 0.0249 e. The van der Waals surface area contributed by atoms with Gasteiger partial charge in [0, 0.05) is 11.1 Å². The van der Waals surface area contributed by atoms with Crippen LogP contribution in [-0.4, -0.2) is 0 Å². The lowest BCUT2D eigenvalue weighted by Crippen LogP contribution is -1.95. The van der Waals surface area contributed by atoms with Crippen molar-refractivity contribution in [1.29, 1.82) is 0 Å². The van der Waals surface area contributed by atoms with E-state index in [1.54, 1.807) is 0 Å². The van der Waals surface area contributed by atoms with E-state index in [1.807, 2.05) is 0 Å². The first kappa shape index (κ1) is 12.7. The minimum Gasteiger partial charge on any atom is -0.0697 e. The van der Waals surface area contributed by atoms with Crippen molar-refractivity contribution in [1.82, 2.24) is 0 Å². The zero-order chi connectivity index (χ0) is 13.0. The Hall–Kier alpha value is -1.74. The summed E-state index contributed by atoms with van der Waals surface area (Å²) in [7, 11) is 0. The number of allylic oxidation sites excluding steroid dienone is 4. The number of rotatable bonds is 1. The molecule has 92 valence electrons. The molecule has 1 aliphatic carbocycles. The maximum atomic E-state index is 3.32. The van der Waals surface area contributed by atoms with Gasteiger partial charge in [-0.1, -0.05) is 42.0 Å². The summed E-state index contributed by atoms with van der Waals surface area (Å²) in [6.45, 7) is 6.55. The quantitative estimate of drug-likeness (QED) is 0.615. The van der Waals surface area contributed by atoms with E-state index in [2.05, 4.69) is 63.0 Å². The van der Waals surface area contributed by atoms with Crippen molar-refractivity contribution in [3.05, 3.63) is 58.2 Å². The van der Waals surface area contributed by atoms with Gasteiger partial charge in [0.15, 0.2) is 0 Å². The molecule has 0 radical (unpaired) electrons. The van der Waals surface area contributed by atoms with E-state index < -0.39 is 0 Å². The zero-order valence-corrected chi connectivity index (χ0v) is 11.5. The van der Waals surface area contributed by atoms with Gasteiger partial charge in [-0.3, -0.25) is 0 Å². The summed E-state index contributed by atoms with van der Waals surface area (Å²) in [5, 5.41) is 0. The van der Waals surface area contributed by atoms with Crippen LogP contribution in [0.3, 0.4) is 0 Å². The molecule has 0 unspecified atom stereocenters. The van der Waals surface area contributed by atoms with Crippen LogP contribution in [0.5, 0.6) is 0 Å². The highest BCUT2D eigenvalue weighted by molar-refractivity contribution is 5.46. The summed E-state index contributed by atoms with van der Waals surface area (Å²) >= 11 is 0. The van der Waals surface area contributed by atoms with E-state index in [1.165, 1.54) is 22.3 Å². The first-order valence-electron chi connectivity index (χ1n) is 6.67. The fourth-order valence-corrected chi connectivity index (χ4v) is 2.18. The van der Waals surface area contributed by atoms with Crippen molar-refractivity contribution in [3.8, 4) is 11.8 Å². The van der Waals surface area contributed by atoms with E-state index in [0.29, 0.717) is 0 Å². The predicted octanol–water partition coefficient (Wildman–Crippen LogP) is 4.79. The van der Waals surface area contributed by atoms with Crippen LogP contribution in [0.4, 0.5) is 0 Å². The Morgan fingerprint density at radius 2 is 1.72 bits per heavy atom. The van der Waals surface area contributed by atoms with Crippen LogP contribution in [0, 0.1) is 18.8 Å². The topological polar surface area (TPSA) is 0 Å². The predicted molar refractivity (Wildman–Crippen MR) is 78.4 cm³/mol. The second-order valence-corrected chi connectivity index (χ2v) is 4.94. The molecule has 0 saturated carbocycles. The van der Waals surface area contributed by atoms with Crippen molar-refractivity contribution >= 4 is 0 Å².